The third-order valence-electron chi connectivity index (χ3n) is 3.03. The zero-order valence-electron chi connectivity index (χ0n) is 11.3. The standard InChI is InChI=1S/C15H17NO3/c1-10(2)16-9-8-13(14(16)15(18)19-3)11-4-6-12(17)7-5-11/h4-10,17H,1-3H3. The van der Waals surface area contributed by atoms with Gasteiger partial charge in [-0.3, -0.25) is 0 Å². The zero-order valence-corrected chi connectivity index (χ0v) is 11.3. The Hall–Kier alpha value is -2.23. The second kappa shape index (κ2) is 5.18. The number of hydrogen-bond acceptors (Lipinski definition) is 3. The number of phenols is 1. The Morgan fingerprint density at radius 3 is 2.37 bits per heavy atom. The molecule has 0 fully saturated rings. The van der Waals surface area contributed by atoms with E-state index in [1.54, 1.807) is 24.3 Å². The first-order valence-corrected chi connectivity index (χ1v) is 6.13. The maximum Gasteiger partial charge on any atom is 0.355 e. The van der Waals surface area contributed by atoms with Gasteiger partial charge in [0, 0.05) is 17.8 Å². The van der Waals surface area contributed by atoms with E-state index in [1.165, 1.54) is 7.11 Å². The van der Waals surface area contributed by atoms with Crippen molar-refractivity contribution in [3.63, 3.8) is 0 Å². The quantitative estimate of drug-likeness (QED) is 0.861. The van der Waals surface area contributed by atoms with Crippen molar-refractivity contribution in [1.29, 1.82) is 0 Å². The van der Waals surface area contributed by atoms with E-state index in [0.29, 0.717) is 5.69 Å². The molecule has 0 radical (unpaired) electrons. The van der Waals surface area contributed by atoms with Crippen LogP contribution >= 0.6 is 0 Å². The number of ether oxygens (including phenoxy) is 1. The highest BCUT2D eigenvalue weighted by atomic mass is 16.5. The molecule has 4 nitrogen and oxygen atoms in total. The summed E-state index contributed by atoms with van der Waals surface area (Å²) in [6, 6.07) is 8.81. The van der Waals surface area contributed by atoms with Gasteiger partial charge in [0.25, 0.3) is 0 Å². The number of methoxy groups -OCH3 is 1. The van der Waals surface area contributed by atoms with Crippen LogP contribution in [0, 0.1) is 0 Å². The summed E-state index contributed by atoms with van der Waals surface area (Å²) < 4.78 is 6.75. The molecule has 0 aliphatic rings. The van der Waals surface area contributed by atoms with Gasteiger partial charge in [0.05, 0.1) is 7.11 Å². The maximum atomic E-state index is 12.0. The number of hydrogen-bond donors (Lipinski definition) is 1. The van der Waals surface area contributed by atoms with E-state index in [0.717, 1.165) is 11.1 Å². The van der Waals surface area contributed by atoms with Crippen molar-refractivity contribution >= 4 is 5.97 Å². The monoisotopic (exact) mass is 259 g/mol. The van der Waals surface area contributed by atoms with Crippen molar-refractivity contribution in [1.82, 2.24) is 4.57 Å². The average molecular weight is 259 g/mol. The number of benzene rings is 1. The Kier molecular flexibility index (Phi) is 3.60. The number of esters is 1. The number of phenolic OH excluding ortho intramolecular Hbond substituents is 1. The predicted molar refractivity (Wildman–Crippen MR) is 73.3 cm³/mol. The van der Waals surface area contributed by atoms with Crippen LogP contribution in [-0.2, 0) is 4.74 Å². The van der Waals surface area contributed by atoms with Crippen molar-refractivity contribution in [3.8, 4) is 16.9 Å². The molecule has 2 aromatic rings. The number of carbonyl (C=O) groups is 1. The molecule has 0 amide bonds. The highest BCUT2D eigenvalue weighted by molar-refractivity contribution is 5.96. The Morgan fingerprint density at radius 1 is 1.21 bits per heavy atom. The first-order valence-electron chi connectivity index (χ1n) is 6.13. The van der Waals surface area contributed by atoms with E-state index in [4.69, 9.17) is 4.74 Å². The van der Waals surface area contributed by atoms with E-state index in [-0.39, 0.29) is 17.8 Å². The molecular weight excluding hydrogens is 242 g/mol. The highest BCUT2D eigenvalue weighted by Gasteiger charge is 2.20. The minimum absolute atomic E-state index is 0.167. The minimum atomic E-state index is -0.359. The molecule has 1 aromatic heterocycles. The van der Waals surface area contributed by atoms with E-state index in [1.807, 2.05) is 30.7 Å². The van der Waals surface area contributed by atoms with E-state index in [9.17, 15) is 9.90 Å². The lowest BCUT2D eigenvalue weighted by molar-refractivity contribution is 0.0587. The van der Waals surface area contributed by atoms with Crippen molar-refractivity contribution in [2.24, 2.45) is 0 Å². The second-order valence-corrected chi connectivity index (χ2v) is 4.62. The summed E-state index contributed by atoms with van der Waals surface area (Å²) in [4.78, 5) is 12.0. The van der Waals surface area contributed by atoms with Crippen LogP contribution < -0.4 is 0 Å². The van der Waals surface area contributed by atoms with Crippen LogP contribution in [0.3, 0.4) is 0 Å². The van der Waals surface area contributed by atoms with E-state index < -0.39 is 0 Å². The molecule has 0 aliphatic carbocycles. The molecule has 100 valence electrons. The van der Waals surface area contributed by atoms with Gasteiger partial charge in [-0.05, 0) is 37.6 Å². The van der Waals surface area contributed by atoms with Crippen molar-refractivity contribution < 1.29 is 14.6 Å². The molecule has 0 unspecified atom stereocenters. The zero-order chi connectivity index (χ0) is 14.0. The molecule has 0 aliphatic heterocycles. The fourth-order valence-electron chi connectivity index (χ4n) is 2.06. The first-order chi connectivity index (χ1) is 9.04. The summed E-state index contributed by atoms with van der Waals surface area (Å²) >= 11 is 0. The summed E-state index contributed by atoms with van der Waals surface area (Å²) in [5.41, 5.74) is 2.21. The van der Waals surface area contributed by atoms with Gasteiger partial charge in [0.15, 0.2) is 0 Å². The number of nitrogens with zero attached hydrogens (tertiary/aromatic N) is 1. The fourth-order valence-corrected chi connectivity index (χ4v) is 2.06. The number of rotatable bonds is 3. The second-order valence-electron chi connectivity index (χ2n) is 4.62. The molecule has 1 heterocycles. The van der Waals surface area contributed by atoms with Crippen molar-refractivity contribution in [2.75, 3.05) is 7.11 Å². The molecule has 0 spiro atoms. The van der Waals surface area contributed by atoms with Crippen LogP contribution in [0.1, 0.15) is 30.4 Å². The normalized spacial score (nSPS) is 10.7. The van der Waals surface area contributed by atoms with Gasteiger partial charge in [-0.1, -0.05) is 12.1 Å². The summed E-state index contributed by atoms with van der Waals surface area (Å²) in [6.45, 7) is 4.01. The Balaban J connectivity index is 2.57. The van der Waals surface area contributed by atoms with Gasteiger partial charge >= 0.3 is 5.97 Å². The molecule has 0 saturated heterocycles. The van der Waals surface area contributed by atoms with Crippen LogP contribution in [0.5, 0.6) is 5.75 Å². The lowest BCUT2D eigenvalue weighted by Crippen LogP contribution is -2.12. The predicted octanol–water partition coefficient (Wildman–Crippen LogP) is 3.23. The molecule has 19 heavy (non-hydrogen) atoms. The largest absolute Gasteiger partial charge is 0.508 e. The Bertz CT molecular complexity index is 582. The smallest absolute Gasteiger partial charge is 0.355 e. The number of aromatic nitrogens is 1. The summed E-state index contributed by atoms with van der Waals surface area (Å²) in [5, 5.41) is 9.32. The van der Waals surface area contributed by atoms with Crippen LogP contribution in [0.15, 0.2) is 36.5 Å². The summed E-state index contributed by atoms with van der Waals surface area (Å²) in [5.74, 6) is -0.159. The highest BCUT2D eigenvalue weighted by Crippen LogP contribution is 2.29. The van der Waals surface area contributed by atoms with Gasteiger partial charge < -0.3 is 14.4 Å². The molecule has 4 heteroatoms. The van der Waals surface area contributed by atoms with Crippen molar-refractivity contribution in [2.45, 2.75) is 19.9 Å². The third kappa shape index (κ3) is 2.47. The van der Waals surface area contributed by atoms with E-state index >= 15 is 0 Å². The van der Waals surface area contributed by atoms with Crippen molar-refractivity contribution in [3.05, 3.63) is 42.2 Å². The van der Waals surface area contributed by atoms with Crippen LogP contribution in [0.2, 0.25) is 0 Å². The van der Waals surface area contributed by atoms with Gasteiger partial charge in [0.2, 0.25) is 0 Å². The summed E-state index contributed by atoms with van der Waals surface area (Å²) in [7, 11) is 1.38. The van der Waals surface area contributed by atoms with Crippen LogP contribution in [0.25, 0.3) is 11.1 Å². The van der Waals surface area contributed by atoms with Gasteiger partial charge in [-0.2, -0.15) is 0 Å². The molecule has 1 N–H and O–H groups in total. The molecule has 0 saturated carbocycles. The third-order valence-corrected chi connectivity index (χ3v) is 3.03. The minimum Gasteiger partial charge on any atom is -0.508 e. The van der Waals surface area contributed by atoms with E-state index in [2.05, 4.69) is 0 Å². The SMILES string of the molecule is COC(=O)c1c(-c2ccc(O)cc2)ccn1C(C)C. The molecule has 1 aromatic carbocycles. The van der Waals surface area contributed by atoms with Gasteiger partial charge in [-0.15, -0.1) is 0 Å². The van der Waals surface area contributed by atoms with Crippen LogP contribution in [-0.4, -0.2) is 22.8 Å². The lowest BCUT2D eigenvalue weighted by Gasteiger charge is -2.13. The Labute approximate surface area is 112 Å². The number of aromatic hydroxyl groups is 1. The molecule has 2 rings (SSSR count). The molecular formula is C15H17NO3. The topological polar surface area (TPSA) is 51.5 Å². The average Bonchev–Trinajstić information content (AvgIpc) is 2.83. The summed E-state index contributed by atoms with van der Waals surface area (Å²) in [6.07, 6.45) is 1.87. The maximum absolute atomic E-state index is 12.0. The fraction of sp³-hybridized carbons (Fsp3) is 0.267. The Morgan fingerprint density at radius 2 is 1.84 bits per heavy atom. The molecule has 0 atom stereocenters. The van der Waals surface area contributed by atoms with Gasteiger partial charge in [0.1, 0.15) is 11.4 Å². The van der Waals surface area contributed by atoms with Gasteiger partial charge in [-0.25, -0.2) is 4.79 Å². The lowest BCUT2D eigenvalue weighted by atomic mass is 10.1. The number of carbonyl (C=O) groups excluding carboxylic acids is 1. The first kappa shape index (κ1) is 13.2. The molecule has 0 bridgehead atoms. The van der Waals surface area contributed by atoms with Crippen LogP contribution in [0.4, 0.5) is 0 Å².